The summed E-state index contributed by atoms with van der Waals surface area (Å²) in [6.07, 6.45) is 0.752. The van der Waals surface area contributed by atoms with Crippen LogP contribution in [0, 0.1) is 0 Å². The summed E-state index contributed by atoms with van der Waals surface area (Å²) in [6, 6.07) is -0.672. The van der Waals surface area contributed by atoms with Gasteiger partial charge in [-0.05, 0) is 6.42 Å². The molecule has 0 radical (unpaired) electrons. The van der Waals surface area contributed by atoms with Crippen LogP contribution < -0.4 is 5.73 Å². The minimum Gasteiger partial charge on any atom is -0.379 e. The molecule has 0 spiro atoms. The zero-order chi connectivity index (χ0) is 12.0. The molecule has 1 saturated heterocycles. The zero-order valence-corrected chi connectivity index (χ0v) is 9.65. The lowest BCUT2D eigenvalue weighted by atomic mass is 10.3. The molecule has 1 aliphatic heterocycles. The maximum Gasteiger partial charge on any atom is 0.321 e. The Morgan fingerprint density at radius 1 is 1.38 bits per heavy atom. The molecule has 0 atom stereocenters. The van der Waals surface area contributed by atoms with Gasteiger partial charge in [0.2, 0.25) is 5.91 Å². The summed E-state index contributed by atoms with van der Waals surface area (Å²) in [7, 11) is 0. The molecule has 6 heteroatoms. The molecule has 1 rings (SSSR count). The quantitative estimate of drug-likeness (QED) is 0.714. The standard InChI is InChI=1S/C10H19N3O3/c1-9(14)13(10(11)15)4-2-3-12-5-7-16-8-6-12/h2-8H2,1H3,(H2,11,15). The molecular weight excluding hydrogens is 210 g/mol. The number of rotatable bonds is 4. The molecule has 6 nitrogen and oxygen atoms in total. The minimum atomic E-state index is -0.672. The third-order valence-electron chi connectivity index (χ3n) is 2.61. The normalized spacial score (nSPS) is 17.1. The van der Waals surface area contributed by atoms with Gasteiger partial charge in [0.15, 0.2) is 0 Å². The first kappa shape index (κ1) is 12.9. The molecule has 0 aliphatic carbocycles. The minimum absolute atomic E-state index is 0.297. The Morgan fingerprint density at radius 3 is 2.50 bits per heavy atom. The fraction of sp³-hybridized carbons (Fsp3) is 0.800. The predicted molar refractivity (Wildman–Crippen MR) is 58.8 cm³/mol. The van der Waals surface area contributed by atoms with Crippen molar-refractivity contribution in [2.24, 2.45) is 5.73 Å². The van der Waals surface area contributed by atoms with Crippen molar-refractivity contribution in [1.82, 2.24) is 9.80 Å². The second-order valence-electron chi connectivity index (χ2n) is 3.82. The fourth-order valence-corrected chi connectivity index (χ4v) is 1.70. The van der Waals surface area contributed by atoms with Crippen molar-refractivity contribution in [2.75, 3.05) is 39.4 Å². The zero-order valence-electron chi connectivity index (χ0n) is 9.65. The number of nitrogens with two attached hydrogens (primary N) is 1. The Hall–Kier alpha value is -1.14. The Balaban J connectivity index is 2.22. The van der Waals surface area contributed by atoms with Gasteiger partial charge >= 0.3 is 6.03 Å². The van der Waals surface area contributed by atoms with Crippen LogP contribution in [0.1, 0.15) is 13.3 Å². The van der Waals surface area contributed by atoms with Gasteiger partial charge in [-0.2, -0.15) is 0 Å². The van der Waals surface area contributed by atoms with Crippen LogP contribution in [-0.2, 0) is 9.53 Å². The lowest BCUT2D eigenvalue weighted by Crippen LogP contribution is -2.42. The number of urea groups is 1. The monoisotopic (exact) mass is 229 g/mol. The van der Waals surface area contributed by atoms with Crippen molar-refractivity contribution in [2.45, 2.75) is 13.3 Å². The number of carbonyl (C=O) groups excluding carboxylic acids is 2. The second kappa shape index (κ2) is 6.44. The Bertz CT molecular complexity index is 238. The number of imide groups is 1. The number of nitrogens with zero attached hydrogens (tertiary/aromatic N) is 2. The second-order valence-corrected chi connectivity index (χ2v) is 3.82. The van der Waals surface area contributed by atoms with Crippen molar-refractivity contribution in [3.05, 3.63) is 0 Å². The van der Waals surface area contributed by atoms with Gasteiger partial charge in [-0.1, -0.05) is 0 Å². The van der Waals surface area contributed by atoms with Crippen molar-refractivity contribution in [3.8, 4) is 0 Å². The van der Waals surface area contributed by atoms with Crippen molar-refractivity contribution >= 4 is 11.9 Å². The molecular formula is C10H19N3O3. The number of morpholine rings is 1. The Morgan fingerprint density at radius 2 is 2.00 bits per heavy atom. The first-order valence-corrected chi connectivity index (χ1v) is 5.49. The maximum atomic E-state index is 11.1. The molecule has 1 heterocycles. The highest BCUT2D eigenvalue weighted by atomic mass is 16.5. The molecule has 3 amide bonds. The highest BCUT2D eigenvalue weighted by Crippen LogP contribution is 2.00. The Labute approximate surface area is 95.3 Å². The lowest BCUT2D eigenvalue weighted by Gasteiger charge is -2.27. The topological polar surface area (TPSA) is 75.9 Å². The van der Waals surface area contributed by atoms with Gasteiger partial charge < -0.3 is 10.5 Å². The number of hydrogen-bond donors (Lipinski definition) is 1. The molecule has 0 unspecified atom stereocenters. The van der Waals surface area contributed by atoms with Gasteiger partial charge in [0.05, 0.1) is 13.2 Å². The summed E-state index contributed by atoms with van der Waals surface area (Å²) in [5.41, 5.74) is 5.09. The molecule has 0 aromatic heterocycles. The van der Waals surface area contributed by atoms with Crippen LogP contribution in [0.15, 0.2) is 0 Å². The van der Waals surface area contributed by atoms with Crippen molar-refractivity contribution in [1.29, 1.82) is 0 Å². The SMILES string of the molecule is CC(=O)N(CCCN1CCOCC1)C(N)=O. The van der Waals surface area contributed by atoms with Crippen LogP contribution >= 0.6 is 0 Å². The highest BCUT2D eigenvalue weighted by Gasteiger charge is 2.15. The van der Waals surface area contributed by atoms with Crippen LogP contribution in [0.4, 0.5) is 4.79 Å². The van der Waals surface area contributed by atoms with Crippen molar-refractivity contribution in [3.63, 3.8) is 0 Å². The number of carbonyl (C=O) groups is 2. The molecule has 1 fully saturated rings. The molecule has 2 N–H and O–H groups in total. The van der Waals surface area contributed by atoms with Crippen LogP contribution in [-0.4, -0.2) is 61.1 Å². The van der Waals surface area contributed by atoms with Crippen LogP contribution in [0.2, 0.25) is 0 Å². The molecule has 0 bridgehead atoms. The van der Waals surface area contributed by atoms with Gasteiger partial charge in [-0.15, -0.1) is 0 Å². The van der Waals surface area contributed by atoms with E-state index in [4.69, 9.17) is 10.5 Å². The third-order valence-corrected chi connectivity index (χ3v) is 2.61. The van der Waals surface area contributed by atoms with Gasteiger partial charge in [0.25, 0.3) is 0 Å². The van der Waals surface area contributed by atoms with Gasteiger partial charge in [-0.25, -0.2) is 4.79 Å². The van der Waals surface area contributed by atoms with Gasteiger partial charge in [0, 0.05) is 33.1 Å². The van der Waals surface area contributed by atoms with E-state index >= 15 is 0 Å². The summed E-state index contributed by atoms with van der Waals surface area (Å²) in [6.45, 7) is 5.94. The summed E-state index contributed by atoms with van der Waals surface area (Å²) < 4.78 is 5.22. The molecule has 0 aromatic rings. The lowest BCUT2D eigenvalue weighted by molar-refractivity contribution is -0.125. The molecule has 1 aliphatic rings. The van der Waals surface area contributed by atoms with E-state index in [0.717, 1.165) is 44.2 Å². The molecule has 16 heavy (non-hydrogen) atoms. The Kier molecular flexibility index (Phi) is 5.21. The first-order valence-electron chi connectivity index (χ1n) is 5.49. The molecule has 0 aromatic carbocycles. The summed E-state index contributed by atoms with van der Waals surface area (Å²) >= 11 is 0. The number of ether oxygens (including phenoxy) is 1. The number of amides is 3. The summed E-state index contributed by atoms with van der Waals surface area (Å²) in [5.74, 6) is -0.297. The average Bonchev–Trinajstić information content (AvgIpc) is 2.24. The van der Waals surface area contributed by atoms with Crippen LogP contribution in [0.25, 0.3) is 0 Å². The fourth-order valence-electron chi connectivity index (χ4n) is 1.70. The number of primary amides is 1. The van der Waals surface area contributed by atoms with E-state index in [0.29, 0.717) is 6.54 Å². The predicted octanol–water partition coefficient (Wildman–Crippen LogP) is -0.364. The van der Waals surface area contributed by atoms with E-state index in [1.807, 2.05) is 0 Å². The summed E-state index contributed by atoms with van der Waals surface area (Å²) in [4.78, 5) is 25.3. The van der Waals surface area contributed by atoms with E-state index in [2.05, 4.69) is 4.90 Å². The smallest absolute Gasteiger partial charge is 0.321 e. The largest absolute Gasteiger partial charge is 0.379 e. The first-order chi connectivity index (χ1) is 7.61. The highest BCUT2D eigenvalue weighted by molar-refractivity contribution is 5.92. The average molecular weight is 229 g/mol. The molecule has 0 saturated carbocycles. The van der Waals surface area contributed by atoms with Gasteiger partial charge in [0.1, 0.15) is 0 Å². The van der Waals surface area contributed by atoms with E-state index < -0.39 is 6.03 Å². The maximum absolute atomic E-state index is 11.1. The summed E-state index contributed by atoms with van der Waals surface area (Å²) in [5, 5.41) is 0. The van der Waals surface area contributed by atoms with E-state index in [1.54, 1.807) is 0 Å². The van der Waals surface area contributed by atoms with E-state index in [1.165, 1.54) is 6.92 Å². The van der Waals surface area contributed by atoms with Crippen molar-refractivity contribution < 1.29 is 14.3 Å². The van der Waals surface area contributed by atoms with E-state index in [9.17, 15) is 9.59 Å². The van der Waals surface area contributed by atoms with Crippen LogP contribution in [0.5, 0.6) is 0 Å². The third kappa shape index (κ3) is 4.16. The number of hydrogen-bond acceptors (Lipinski definition) is 4. The van der Waals surface area contributed by atoms with Gasteiger partial charge in [-0.3, -0.25) is 14.6 Å². The van der Waals surface area contributed by atoms with E-state index in [-0.39, 0.29) is 5.91 Å². The van der Waals surface area contributed by atoms with Crippen LogP contribution in [0.3, 0.4) is 0 Å². The molecule has 92 valence electrons.